The van der Waals surface area contributed by atoms with Gasteiger partial charge in [-0.25, -0.2) is 0 Å². The summed E-state index contributed by atoms with van der Waals surface area (Å²) in [6.45, 7) is 0. The summed E-state index contributed by atoms with van der Waals surface area (Å²) in [5.41, 5.74) is 6.70. The molecule has 0 saturated carbocycles. The highest BCUT2D eigenvalue weighted by Gasteiger charge is 2.38. The predicted octanol–water partition coefficient (Wildman–Crippen LogP) is 2.46. The highest BCUT2D eigenvalue weighted by atomic mass is 32.1. The molecule has 0 radical (unpaired) electrons. The second kappa shape index (κ2) is 4.58. The largest absolute Gasteiger partial charge is 0.497 e. The first-order chi connectivity index (χ1) is 9.90. The summed E-state index contributed by atoms with van der Waals surface area (Å²) in [7, 11) is 1.48. The number of nitrogens with zero attached hydrogens (tertiary/aromatic N) is 4. The molecular formula is C11H8F3N5OS. The van der Waals surface area contributed by atoms with Crippen LogP contribution in [-0.2, 0) is 6.18 Å². The molecular weight excluding hydrogens is 307 g/mol. The molecule has 6 nitrogen and oxygen atoms in total. The summed E-state index contributed by atoms with van der Waals surface area (Å²) < 4.78 is 44.0. The Labute approximate surface area is 120 Å². The molecule has 2 aromatic heterocycles. The molecule has 0 aliphatic heterocycles. The van der Waals surface area contributed by atoms with Crippen molar-refractivity contribution >= 4 is 22.0 Å². The van der Waals surface area contributed by atoms with E-state index in [9.17, 15) is 13.2 Å². The van der Waals surface area contributed by atoms with Crippen molar-refractivity contribution in [2.75, 3.05) is 12.8 Å². The zero-order valence-electron chi connectivity index (χ0n) is 10.5. The number of ether oxygens (including phenoxy) is 1. The van der Waals surface area contributed by atoms with E-state index in [1.165, 1.54) is 7.11 Å². The van der Waals surface area contributed by atoms with Gasteiger partial charge in [0.25, 0.3) is 5.82 Å². The van der Waals surface area contributed by atoms with Crippen LogP contribution in [0.15, 0.2) is 18.2 Å². The molecule has 0 fully saturated rings. The van der Waals surface area contributed by atoms with E-state index >= 15 is 0 Å². The number of alkyl halides is 3. The van der Waals surface area contributed by atoms with Crippen molar-refractivity contribution in [2.45, 2.75) is 6.18 Å². The number of benzene rings is 1. The van der Waals surface area contributed by atoms with E-state index < -0.39 is 12.0 Å². The Morgan fingerprint density at radius 1 is 1.29 bits per heavy atom. The molecule has 10 heteroatoms. The molecule has 0 amide bonds. The van der Waals surface area contributed by atoms with Gasteiger partial charge in [0, 0.05) is 11.3 Å². The molecule has 0 saturated heterocycles. The minimum atomic E-state index is -4.62. The van der Waals surface area contributed by atoms with E-state index in [1.807, 2.05) is 0 Å². The van der Waals surface area contributed by atoms with Gasteiger partial charge >= 0.3 is 6.18 Å². The van der Waals surface area contributed by atoms with Crippen LogP contribution in [0.4, 0.5) is 18.9 Å². The number of fused-ring (bicyclic) bond motifs is 1. The fraction of sp³-hybridized carbons (Fsp3) is 0.182. The van der Waals surface area contributed by atoms with Crippen molar-refractivity contribution in [1.82, 2.24) is 19.8 Å². The van der Waals surface area contributed by atoms with Gasteiger partial charge in [-0.3, -0.25) is 0 Å². The molecule has 1 aromatic carbocycles. The molecule has 2 N–H and O–H groups in total. The van der Waals surface area contributed by atoms with Crippen molar-refractivity contribution in [2.24, 2.45) is 0 Å². The third kappa shape index (κ3) is 2.27. The average molecular weight is 315 g/mol. The second-order valence-electron chi connectivity index (χ2n) is 4.08. The van der Waals surface area contributed by atoms with E-state index in [4.69, 9.17) is 10.5 Å². The average Bonchev–Trinajstić information content (AvgIpc) is 2.97. The van der Waals surface area contributed by atoms with E-state index in [0.717, 1.165) is 11.3 Å². The Morgan fingerprint density at radius 3 is 2.71 bits per heavy atom. The number of hydrogen-bond donors (Lipinski definition) is 1. The fourth-order valence-corrected chi connectivity index (χ4v) is 2.63. The van der Waals surface area contributed by atoms with Crippen LogP contribution in [0.1, 0.15) is 5.82 Å². The highest BCUT2D eigenvalue weighted by molar-refractivity contribution is 7.19. The molecule has 0 aliphatic carbocycles. The number of methoxy groups -OCH3 is 1. The number of rotatable bonds is 2. The third-order valence-electron chi connectivity index (χ3n) is 2.74. The van der Waals surface area contributed by atoms with E-state index in [-0.39, 0.29) is 4.96 Å². The van der Waals surface area contributed by atoms with Crippen LogP contribution in [0, 0.1) is 0 Å². The van der Waals surface area contributed by atoms with Gasteiger partial charge < -0.3 is 10.5 Å². The van der Waals surface area contributed by atoms with Gasteiger partial charge in [0.1, 0.15) is 10.8 Å². The number of nitrogens with two attached hydrogens (primary N) is 1. The van der Waals surface area contributed by atoms with Crippen molar-refractivity contribution in [3.05, 3.63) is 24.0 Å². The van der Waals surface area contributed by atoms with Gasteiger partial charge in [-0.05, 0) is 18.2 Å². The molecule has 3 aromatic rings. The zero-order chi connectivity index (χ0) is 15.2. The van der Waals surface area contributed by atoms with Gasteiger partial charge in [-0.1, -0.05) is 11.3 Å². The molecule has 0 atom stereocenters. The summed E-state index contributed by atoms with van der Waals surface area (Å²) in [5.74, 6) is -0.636. The van der Waals surface area contributed by atoms with E-state index in [1.54, 1.807) is 18.2 Å². The number of nitrogen functional groups attached to an aromatic ring is 1. The molecule has 0 bridgehead atoms. The Hall–Kier alpha value is -2.36. The summed E-state index contributed by atoms with van der Waals surface area (Å²) in [5, 5.41) is 10.8. The maximum Gasteiger partial charge on any atom is 0.453 e. The van der Waals surface area contributed by atoms with Crippen molar-refractivity contribution in [3.8, 4) is 16.3 Å². The molecule has 21 heavy (non-hydrogen) atoms. The smallest absolute Gasteiger partial charge is 0.453 e. The van der Waals surface area contributed by atoms with Crippen LogP contribution in [0.2, 0.25) is 0 Å². The Kier molecular flexibility index (Phi) is 2.97. The molecule has 2 heterocycles. The predicted molar refractivity (Wildman–Crippen MR) is 70.1 cm³/mol. The van der Waals surface area contributed by atoms with Crippen LogP contribution in [0.3, 0.4) is 0 Å². The first-order valence-corrected chi connectivity index (χ1v) is 6.45. The topological polar surface area (TPSA) is 78.3 Å². The number of aromatic nitrogens is 4. The SMILES string of the molecule is COc1ccc(N)c(-c2nn3c(C(F)(F)F)nnc3s2)c1. The molecule has 110 valence electrons. The van der Waals surface area contributed by atoms with Crippen molar-refractivity contribution < 1.29 is 17.9 Å². The normalized spacial score (nSPS) is 12.0. The van der Waals surface area contributed by atoms with Crippen molar-refractivity contribution in [1.29, 1.82) is 0 Å². The van der Waals surface area contributed by atoms with E-state index in [2.05, 4.69) is 15.3 Å². The molecule has 3 rings (SSSR count). The van der Waals surface area contributed by atoms with Crippen LogP contribution in [0.25, 0.3) is 15.5 Å². The quantitative estimate of drug-likeness (QED) is 0.735. The fourth-order valence-electron chi connectivity index (χ4n) is 1.75. The Balaban J connectivity index is 2.16. The van der Waals surface area contributed by atoms with Crippen LogP contribution in [0.5, 0.6) is 5.75 Å². The second-order valence-corrected chi connectivity index (χ2v) is 5.03. The maximum atomic E-state index is 12.8. The van der Waals surface area contributed by atoms with Gasteiger partial charge in [0.15, 0.2) is 0 Å². The van der Waals surface area contributed by atoms with Crippen LogP contribution >= 0.6 is 11.3 Å². The zero-order valence-corrected chi connectivity index (χ0v) is 11.4. The van der Waals surface area contributed by atoms with E-state index in [0.29, 0.717) is 26.5 Å². The van der Waals surface area contributed by atoms with Gasteiger partial charge in [-0.15, -0.1) is 10.2 Å². The van der Waals surface area contributed by atoms with Crippen molar-refractivity contribution in [3.63, 3.8) is 0 Å². The number of anilines is 1. The van der Waals surface area contributed by atoms with Gasteiger partial charge in [-0.2, -0.15) is 22.8 Å². The summed E-state index contributed by atoms with van der Waals surface area (Å²) in [6, 6.07) is 4.86. The number of halogens is 3. The minimum absolute atomic E-state index is 0.0412. The highest BCUT2D eigenvalue weighted by Crippen LogP contribution is 2.35. The lowest BCUT2D eigenvalue weighted by Gasteiger charge is -2.05. The Bertz CT molecular complexity index is 810. The Morgan fingerprint density at radius 2 is 2.05 bits per heavy atom. The molecule has 0 aliphatic rings. The lowest BCUT2D eigenvalue weighted by Crippen LogP contribution is -2.11. The van der Waals surface area contributed by atoms with Crippen LogP contribution in [-0.4, -0.2) is 26.9 Å². The third-order valence-corrected chi connectivity index (χ3v) is 3.67. The first kappa shape index (κ1) is 13.6. The first-order valence-electron chi connectivity index (χ1n) is 5.63. The minimum Gasteiger partial charge on any atom is -0.497 e. The van der Waals surface area contributed by atoms with Gasteiger partial charge in [0.05, 0.1) is 7.11 Å². The number of hydrogen-bond acceptors (Lipinski definition) is 6. The summed E-state index contributed by atoms with van der Waals surface area (Å²) in [6.07, 6.45) is -4.62. The lowest BCUT2D eigenvalue weighted by atomic mass is 10.2. The van der Waals surface area contributed by atoms with Gasteiger partial charge in [0.2, 0.25) is 4.96 Å². The summed E-state index contributed by atoms with van der Waals surface area (Å²) >= 11 is 0.963. The standard InChI is InChI=1S/C11H8F3N5OS/c1-20-5-2-3-7(15)6(4-5)8-18-19-9(11(12,13)14)16-17-10(19)21-8/h2-4H,15H2,1H3. The lowest BCUT2D eigenvalue weighted by molar-refractivity contribution is -0.146. The van der Waals surface area contributed by atoms with Crippen LogP contribution < -0.4 is 10.5 Å². The monoisotopic (exact) mass is 315 g/mol. The maximum absolute atomic E-state index is 12.8. The summed E-state index contributed by atoms with van der Waals surface area (Å²) in [4.78, 5) is 0.0412. The molecule has 0 spiro atoms. The molecule has 0 unspecified atom stereocenters.